The van der Waals surface area contributed by atoms with Gasteiger partial charge in [0.05, 0.1) is 20.3 Å². The highest BCUT2D eigenvalue weighted by molar-refractivity contribution is 5.30. The van der Waals surface area contributed by atoms with Gasteiger partial charge >= 0.3 is 0 Å². The van der Waals surface area contributed by atoms with Gasteiger partial charge in [-0.05, 0) is 5.56 Å². The molecular formula is C16H21N5O2. The van der Waals surface area contributed by atoms with Gasteiger partial charge in [-0.25, -0.2) is 15.0 Å². The number of rotatable bonds is 6. The lowest BCUT2D eigenvalue weighted by Gasteiger charge is -2.26. The van der Waals surface area contributed by atoms with E-state index < -0.39 is 0 Å². The van der Waals surface area contributed by atoms with Gasteiger partial charge in [-0.15, -0.1) is 0 Å². The molecule has 0 bridgehead atoms. The third-order valence-electron chi connectivity index (χ3n) is 3.65. The number of morpholine rings is 1. The van der Waals surface area contributed by atoms with Gasteiger partial charge in [0, 0.05) is 56.4 Å². The van der Waals surface area contributed by atoms with E-state index in [9.17, 15) is 0 Å². The van der Waals surface area contributed by atoms with Crippen LogP contribution in [0.4, 0.5) is 5.95 Å². The minimum atomic E-state index is 0.626. The molecule has 3 rings (SSSR count). The summed E-state index contributed by atoms with van der Waals surface area (Å²) >= 11 is 0. The Kier molecular flexibility index (Phi) is 5.33. The lowest BCUT2D eigenvalue weighted by atomic mass is 10.2. The number of hydrogen-bond donors (Lipinski definition) is 1. The van der Waals surface area contributed by atoms with Crippen molar-refractivity contribution >= 4 is 5.95 Å². The van der Waals surface area contributed by atoms with Crippen LogP contribution in [0, 0.1) is 0 Å². The van der Waals surface area contributed by atoms with Crippen LogP contribution in [0.15, 0.2) is 30.7 Å². The Morgan fingerprint density at radius 2 is 1.74 bits per heavy atom. The summed E-state index contributed by atoms with van der Waals surface area (Å²) in [5.74, 6) is 1.40. The minimum absolute atomic E-state index is 0.626. The maximum atomic E-state index is 5.33. The van der Waals surface area contributed by atoms with Crippen LogP contribution in [-0.4, -0.2) is 48.4 Å². The highest BCUT2D eigenvalue weighted by atomic mass is 16.5. The molecule has 7 heteroatoms. The molecule has 1 aliphatic heterocycles. The fraction of sp³-hybridized carbons (Fsp3) is 0.438. The minimum Gasteiger partial charge on any atom is -0.481 e. The number of aromatic nitrogens is 3. The summed E-state index contributed by atoms with van der Waals surface area (Å²) in [6.07, 6.45) is 5.55. The largest absolute Gasteiger partial charge is 0.481 e. The number of hydrogen-bond acceptors (Lipinski definition) is 7. The second-order valence-electron chi connectivity index (χ2n) is 5.30. The zero-order valence-electron chi connectivity index (χ0n) is 13.2. The van der Waals surface area contributed by atoms with Crippen molar-refractivity contribution in [3.05, 3.63) is 41.9 Å². The fourth-order valence-electron chi connectivity index (χ4n) is 2.35. The highest BCUT2D eigenvalue weighted by Crippen LogP contribution is 2.10. The molecule has 2 aromatic heterocycles. The number of nitrogens with zero attached hydrogens (tertiary/aromatic N) is 4. The van der Waals surface area contributed by atoms with Crippen molar-refractivity contribution in [2.45, 2.75) is 13.1 Å². The zero-order chi connectivity index (χ0) is 15.9. The average Bonchev–Trinajstić information content (AvgIpc) is 2.64. The number of anilines is 1. The summed E-state index contributed by atoms with van der Waals surface area (Å²) in [4.78, 5) is 15.2. The van der Waals surface area contributed by atoms with Crippen molar-refractivity contribution in [2.24, 2.45) is 0 Å². The van der Waals surface area contributed by atoms with Crippen LogP contribution in [0.2, 0.25) is 0 Å². The Hall–Kier alpha value is -2.25. The van der Waals surface area contributed by atoms with E-state index in [1.807, 2.05) is 30.7 Å². The topological polar surface area (TPSA) is 72.4 Å². The molecule has 0 atom stereocenters. The molecule has 0 unspecified atom stereocenters. The van der Waals surface area contributed by atoms with Gasteiger partial charge < -0.3 is 19.7 Å². The quantitative estimate of drug-likeness (QED) is 0.853. The molecule has 0 spiro atoms. The van der Waals surface area contributed by atoms with Crippen molar-refractivity contribution in [2.75, 3.05) is 38.3 Å². The Balaban J connectivity index is 1.48. The van der Waals surface area contributed by atoms with Crippen molar-refractivity contribution in [1.82, 2.24) is 20.3 Å². The summed E-state index contributed by atoms with van der Waals surface area (Å²) in [7, 11) is 1.61. The van der Waals surface area contributed by atoms with Gasteiger partial charge in [0.2, 0.25) is 11.8 Å². The molecule has 1 fully saturated rings. The SMILES string of the molecule is COc1ccc(CNCc2cnc(N3CCOCC3)nc2)cn1. The fourth-order valence-corrected chi connectivity index (χ4v) is 2.35. The van der Waals surface area contributed by atoms with E-state index in [0.717, 1.165) is 56.5 Å². The second kappa shape index (κ2) is 7.85. The van der Waals surface area contributed by atoms with Crippen molar-refractivity contribution in [1.29, 1.82) is 0 Å². The van der Waals surface area contributed by atoms with Crippen LogP contribution in [0.5, 0.6) is 5.88 Å². The highest BCUT2D eigenvalue weighted by Gasteiger charge is 2.13. The first-order valence-electron chi connectivity index (χ1n) is 7.68. The molecule has 0 amide bonds. The standard InChI is InChI=1S/C16H21N5O2/c1-22-15-3-2-13(10-18-15)8-17-9-14-11-19-16(20-12-14)21-4-6-23-7-5-21/h2-3,10-12,17H,4-9H2,1H3. The van der Waals surface area contributed by atoms with E-state index in [2.05, 4.69) is 25.2 Å². The molecule has 0 aliphatic carbocycles. The lowest BCUT2D eigenvalue weighted by molar-refractivity contribution is 0.122. The van der Waals surface area contributed by atoms with Crippen LogP contribution in [0.1, 0.15) is 11.1 Å². The Morgan fingerprint density at radius 3 is 2.39 bits per heavy atom. The summed E-state index contributed by atoms with van der Waals surface area (Å²) in [6.45, 7) is 4.63. The summed E-state index contributed by atoms with van der Waals surface area (Å²) in [5.41, 5.74) is 2.17. The van der Waals surface area contributed by atoms with Gasteiger partial charge in [-0.3, -0.25) is 0 Å². The molecule has 0 radical (unpaired) electrons. The van der Waals surface area contributed by atoms with Gasteiger partial charge in [0.1, 0.15) is 0 Å². The molecule has 2 aromatic rings. The van der Waals surface area contributed by atoms with Gasteiger partial charge in [-0.1, -0.05) is 6.07 Å². The molecular weight excluding hydrogens is 294 g/mol. The summed E-state index contributed by atoms with van der Waals surface area (Å²) in [6, 6.07) is 3.86. The van der Waals surface area contributed by atoms with Crippen LogP contribution in [0.3, 0.4) is 0 Å². The van der Waals surface area contributed by atoms with Crippen LogP contribution < -0.4 is 15.0 Å². The van der Waals surface area contributed by atoms with E-state index in [1.54, 1.807) is 7.11 Å². The van der Waals surface area contributed by atoms with Crippen LogP contribution in [-0.2, 0) is 17.8 Å². The molecule has 3 heterocycles. The van der Waals surface area contributed by atoms with E-state index in [0.29, 0.717) is 5.88 Å². The number of ether oxygens (including phenoxy) is 2. The van der Waals surface area contributed by atoms with E-state index in [1.165, 1.54) is 0 Å². The Labute approximate surface area is 135 Å². The number of pyridine rings is 1. The molecule has 0 aromatic carbocycles. The monoisotopic (exact) mass is 315 g/mol. The predicted molar refractivity (Wildman–Crippen MR) is 86.4 cm³/mol. The van der Waals surface area contributed by atoms with Crippen LogP contribution >= 0.6 is 0 Å². The maximum Gasteiger partial charge on any atom is 0.225 e. The van der Waals surface area contributed by atoms with Crippen molar-refractivity contribution < 1.29 is 9.47 Å². The Morgan fingerprint density at radius 1 is 1.04 bits per heavy atom. The lowest BCUT2D eigenvalue weighted by Crippen LogP contribution is -2.37. The number of methoxy groups -OCH3 is 1. The zero-order valence-corrected chi connectivity index (χ0v) is 13.2. The van der Waals surface area contributed by atoms with Crippen molar-refractivity contribution in [3.63, 3.8) is 0 Å². The van der Waals surface area contributed by atoms with Gasteiger partial charge in [0.25, 0.3) is 0 Å². The molecule has 1 saturated heterocycles. The second-order valence-corrected chi connectivity index (χ2v) is 5.30. The van der Waals surface area contributed by atoms with E-state index in [-0.39, 0.29) is 0 Å². The molecule has 1 aliphatic rings. The molecule has 23 heavy (non-hydrogen) atoms. The molecule has 0 saturated carbocycles. The Bertz CT molecular complexity index is 597. The molecule has 122 valence electrons. The third kappa shape index (κ3) is 4.37. The normalized spacial score (nSPS) is 14.7. The van der Waals surface area contributed by atoms with Gasteiger partial charge in [0.15, 0.2) is 0 Å². The molecule has 1 N–H and O–H groups in total. The first-order chi connectivity index (χ1) is 11.3. The third-order valence-corrected chi connectivity index (χ3v) is 3.65. The van der Waals surface area contributed by atoms with Crippen molar-refractivity contribution in [3.8, 4) is 5.88 Å². The van der Waals surface area contributed by atoms with Gasteiger partial charge in [-0.2, -0.15) is 0 Å². The van der Waals surface area contributed by atoms with E-state index >= 15 is 0 Å². The van der Waals surface area contributed by atoms with E-state index in [4.69, 9.17) is 9.47 Å². The number of nitrogens with one attached hydrogen (secondary N) is 1. The summed E-state index contributed by atoms with van der Waals surface area (Å²) < 4.78 is 10.4. The average molecular weight is 315 g/mol. The first kappa shape index (κ1) is 15.6. The molecule has 7 nitrogen and oxygen atoms in total. The van der Waals surface area contributed by atoms with Crippen LogP contribution in [0.25, 0.3) is 0 Å². The first-order valence-corrected chi connectivity index (χ1v) is 7.68. The predicted octanol–water partition coefficient (Wildman–Crippen LogP) is 1.01. The smallest absolute Gasteiger partial charge is 0.225 e. The summed E-state index contributed by atoms with van der Waals surface area (Å²) in [5, 5.41) is 3.36. The maximum absolute atomic E-state index is 5.33.